The van der Waals surface area contributed by atoms with Gasteiger partial charge in [-0.15, -0.1) is 0 Å². The summed E-state index contributed by atoms with van der Waals surface area (Å²) in [5.41, 5.74) is 1.32. The van der Waals surface area contributed by atoms with Gasteiger partial charge in [-0.25, -0.2) is 0 Å². The third-order valence-corrected chi connectivity index (χ3v) is 3.43. The molecule has 0 radical (unpaired) electrons. The van der Waals surface area contributed by atoms with E-state index in [4.69, 9.17) is 11.6 Å². The first kappa shape index (κ1) is 15.2. The molecule has 1 aromatic rings. The Balaban J connectivity index is 1.96. The third kappa shape index (κ3) is 4.41. The van der Waals surface area contributed by atoms with E-state index < -0.39 is 0 Å². The Morgan fingerprint density at radius 3 is 2.75 bits per heavy atom. The highest BCUT2D eigenvalue weighted by Gasteiger charge is 2.39. The fourth-order valence-electron chi connectivity index (χ4n) is 2.27. The van der Waals surface area contributed by atoms with Crippen LogP contribution in [0.3, 0.4) is 0 Å². The van der Waals surface area contributed by atoms with Crippen molar-refractivity contribution in [2.24, 2.45) is 4.99 Å². The van der Waals surface area contributed by atoms with E-state index in [0.717, 1.165) is 23.9 Å². The van der Waals surface area contributed by atoms with Gasteiger partial charge in [0.05, 0.1) is 0 Å². The third-order valence-electron chi connectivity index (χ3n) is 3.20. The summed E-state index contributed by atoms with van der Waals surface area (Å²) >= 11 is 6.05. The number of guanidine groups is 1. The summed E-state index contributed by atoms with van der Waals surface area (Å²) in [4.78, 5) is 4.50. The summed E-state index contributed by atoms with van der Waals surface area (Å²) in [6, 6.07) is 8.59. The molecule has 1 fully saturated rings. The van der Waals surface area contributed by atoms with Crippen LogP contribution >= 0.6 is 11.6 Å². The van der Waals surface area contributed by atoms with Crippen LogP contribution in [0.15, 0.2) is 29.3 Å². The molecule has 0 aliphatic heterocycles. The SMILES string of the molecule is CCN=C(NC1CC1c1cccc(Cl)c1)NC(C)(C)C. The van der Waals surface area contributed by atoms with Crippen molar-refractivity contribution in [3.63, 3.8) is 0 Å². The lowest BCUT2D eigenvalue weighted by Gasteiger charge is -2.24. The van der Waals surface area contributed by atoms with Crippen LogP contribution in [0.25, 0.3) is 0 Å². The molecule has 3 nitrogen and oxygen atoms in total. The van der Waals surface area contributed by atoms with E-state index in [2.05, 4.69) is 48.5 Å². The number of aliphatic imine (C=N–C) groups is 1. The number of nitrogens with one attached hydrogen (secondary N) is 2. The second-order valence-electron chi connectivity index (χ2n) is 6.35. The first-order valence-corrected chi connectivity index (χ1v) is 7.61. The van der Waals surface area contributed by atoms with Crippen LogP contribution in [-0.4, -0.2) is 24.1 Å². The predicted molar refractivity (Wildman–Crippen MR) is 86.6 cm³/mol. The van der Waals surface area contributed by atoms with Crippen molar-refractivity contribution >= 4 is 17.6 Å². The van der Waals surface area contributed by atoms with E-state index in [1.807, 2.05) is 19.1 Å². The van der Waals surface area contributed by atoms with E-state index in [1.54, 1.807) is 0 Å². The van der Waals surface area contributed by atoms with Crippen molar-refractivity contribution in [1.29, 1.82) is 0 Å². The molecule has 2 N–H and O–H groups in total. The quantitative estimate of drug-likeness (QED) is 0.660. The Morgan fingerprint density at radius 2 is 2.15 bits per heavy atom. The van der Waals surface area contributed by atoms with Crippen molar-refractivity contribution in [3.05, 3.63) is 34.9 Å². The molecule has 1 saturated carbocycles. The van der Waals surface area contributed by atoms with Crippen LogP contribution in [0.4, 0.5) is 0 Å². The van der Waals surface area contributed by atoms with Crippen LogP contribution in [0.5, 0.6) is 0 Å². The molecular formula is C16H24ClN3. The smallest absolute Gasteiger partial charge is 0.191 e. The van der Waals surface area contributed by atoms with Gasteiger partial charge in [0.1, 0.15) is 0 Å². The second-order valence-corrected chi connectivity index (χ2v) is 6.78. The zero-order valence-electron chi connectivity index (χ0n) is 12.7. The topological polar surface area (TPSA) is 36.4 Å². The molecule has 2 unspecified atom stereocenters. The maximum absolute atomic E-state index is 6.05. The molecule has 110 valence electrons. The summed E-state index contributed by atoms with van der Waals surface area (Å²) in [6.07, 6.45) is 1.13. The van der Waals surface area contributed by atoms with Gasteiger partial charge in [-0.1, -0.05) is 23.7 Å². The predicted octanol–water partition coefficient (Wildman–Crippen LogP) is 3.55. The highest BCUT2D eigenvalue weighted by molar-refractivity contribution is 6.30. The first-order chi connectivity index (χ1) is 9.39. The maximum atomic E-state index is 6.05. The molecule has 1 aliphatic rings. The minimum Gasteiger partial charge on any atom is -0.353 e. The van der Waals surface area contributed by atoms with Crippen LogP contribution < -0.4 is 10.6 Å². The molecule has 0 heterocycles. The molecule has 1 aromatic carbocycles. The number of benzene rings is 1. The summed E-state index contributed by atoms with van der Waals surface area (Å²) in [5, 5.41) is 7.75. The van der Waals surface area contributed by atoms with Gasteiger partial charge in [0.2, 0.25) is 0 Å². The van der Waals surface area contributed by atoms with E-state index in [1.165, 1.54) is 5.56 Å². The van der Waals surface area contributed by atoms with Gasteiger partial charge in [0, 0.05) is 29.1 Å². The van der Waals surface area contributed by atoms with Gasteiger partial charge < -0.3 is 10.6 Å². The fourth-order valence-corrected chi connectivity index (χ4v) is 2.47. The lowest BCUT2D eigenvalue weighted by molar-refractivity contribution is 0.500. The van der Waals surface area contributed by atoms with Gasteiger partial charge in [0.25, 0.3) is 0 Å². The molecular weight excluding hydrogens is 270 g/mol. The summed E-state index contributed by atoms with van der Waals surface area (Å²) < 4.78 is 0. The van der Waals surface area contributed by atoms with Crippen molar-refractivity contribution in [3.8, 4) is 0 Å². The standard InChI is InChI=1S/C16H24ClN3/c1-5-18-15(20-16(2,3)4)19-14-10-13(14)11-7-6-8-12(17)9-11/h6-9,13-14H,5,10H2,1-4H3,(H2,18,19,20). The Labute approximate surface area is 126 Å². The lowest BCUT2D eigenvalue weighted by atomic mass is 10.1. The van der Waals surface area contributed by atoms with E-state index in [9.17, 15) is 0 Å². The van der Waals surface area contributed by atoms with Crippen LogP contribution in [0, 0.1) is 0 Å². The largest absolute Gasteiger partial charge is 0.353 e. The second kappa shape index (κ2) is 6.04. The van der Waals surface area contributed by atoms with Gasteiger partial charge in [-0.2, -0.15) is 0 Å². The number of hydrogen-bond donors (Lipinski definition) is 2. The van der Waals surface area contributed by atoms with E-state index in [0.29, 0.717) is 12.0 Å². The van der Waals surface area contributed by atoms with Gasteiger partial charge in [0.15, 0.2) is 5.96 Å². The normalized spacial score (nSPS) is 22.6. The molecule has 0 bridgehead atoms. The van der Waals surface area contributed by atoms with Gasteiger partial charge in [-0.05, 0) is 51.8 Å². The van der Waals surface area contributed by atoms with Gasteiger partial charge in [-0.3, -0.25) is 4.99 Å². The summed E-state index contributed by atoms with van der Waals surface area (Å²) in [5.74, 6) is 1.44. The van der Waals surface area contributed by atoms with E-state index in [-0.39, 0.29) is 5.54 Å². The highest BCUT2D eigenvalue weighted by atomic mass is 35.5. The minimum atomic E-state index is 0.0153. The zero-order valence-corrected chi connectivity index (χ0v) is 13.5. The number of halogens is 1. The fraction of sp³-hybridized carbons (Fsp3) is 0.562. The maximum Gasteiger partial charge on any atom is 0.191 e. The average Bonchev–Trinajstić information content (AvgIpc) is 3.06. The van der Waals surface area contributed by atoms with Crippen LogP contribution in [0.2, 0.25) is 5.02 Å². The van der Waals surface area contributed by atoms with Crippen LogP contribution in [0.1, 0.15) is 45.6 Å². The number of nitrogens with zero attached hydrogens (tertiary/aromatic N) is 1. The van der Waals surface area contributed by atoms with Crippen molar-refractivity contribution in [2.45, 2.75) is 51.6 Å². The van der Waals surface area contributed by atoms with Crippen molar-refractivity contribution in [2.75, 3.05) is 6.54 Å². The molecule has 0 spiro atoms. The summed E-state index contributed by atoms with van der Waals surface area (Å²) in [6.45, 7) is 9.25. The molecule has 2 atom stereocenters. The van der Waals surface area contributed by atoms with Crippen molar-refractivity contribution < 1.29 is 0 Å². The zero-order chi connectivity index (χ0) is 14.8. The molecule has 0 aromatic heterocycles. The van der Waals surface area contributed by atoms with Gasteiger partial charge >= 0.3 is 0 Å². The molecule has 4 heteroatoms. The average molecular weight is 294 g/mol. The Morgan fingerprint density at radius 1 is 1.40 bits per heavy atom. The molecule has 1 aliphatic carbocycles. The Kier molecular flexibility index (Phi) is 4.59. The molecule has 2 rings (SSSR count). The lowest BCUT2D eigenvalue weighted by Crippen LogP contribution is -2.48. The Hall–Kier alpha value is -1.22. The minimum absolute atomic E-state index is 0.0153. The number of hydrogen-bond acceptors (Lipinski definition) is 1. The Bertz CT molecular complexity index is 491. The van der Waals surface area contributed by atoms with Crippen molar-refractivity contribution in [1.82, 2.24) is 10.6 Å². The van der Waals surface area contributed by atoms with E-state index >= 15 is 0 Å². The molecule has 0 saturated heterocycles. The van der Waals surface area contributed by atoms with Crippen LogP contribution in [-0.2, 0) is 0 Å². The monoisotopic (exact) mass is 293 g/mol. The number of rotatable bonds is 3. The molecule has 0 amide bonds. The highest BCUT2D eigenvalue weighted by Crippen LogP contribution is 2.41. The summed E-state index contributed by atoms with van der Waals surface area (Å²) in [7, 11) is 0. The molecule has 20 heavy (non-hydrogen) atoms. The first-order valence-electron chi connectivity index (χ1n) is 7.23.